The molecule has 0 aromatic rings. The lowest BCUT2D eigenvalue weighted by atomic mass is 10.1. The van der Waals surface area contributed by atoms with Gasteiger partial charge in [-0.2, -0.15) is 0 Å². The number of nitrogens with one attached hydrogen (secondary N) is 2. The summed E-state index contributed by atoms with van der Waals surface area (Å²) in [6, 6.07) is -0.414. The molecule has 0 aliphatic heterocycles. The van der Waals surface area contributed by atoms with Crippen molar-refractivity contribution in [2.24, 2.45) is 0 Å². The van der Waals surface area contributed by atoms with E-state index in [0.29, 0.717) is 6.61 Å². The Hall–Kier alpha value is -1.10. The molecule has 2 N–H and O–H groups in total. The van der Waals surface area contributed by atoms with Gasteiger partial charge in [0.1, 0.15) is 0 Å². The van der Waals surface area contributed by atoms with Crippen LogP contribution in [0.25, 0.3) is 0 Å². The van der Waals surface area contributed by atoms with E-state index in [4.69, 9.17) is 4.74 Å². The molecule has 5 heteroatoms. The highest BCUT2D eigenvalue weighted by Gasteiger charge is 2.19. The van der Waals surface area contributed by atoms with E-state index in [1.165, 1.54) is 0 Å². The SMILES string of the molecule is CCCCOC(=O)CNC(C)C(=O)NC(C)(C)C. The highest BCUT2D eigenvalue weighted by Crippen LogP contribution is 1.99. The molecule has 1 unspecified atom stereocenters. The molecule has 0 aromatic carbocycles. The van der Waals surface area contributed by atoms with Crippen molar-refractivity contribution in [3.05, 3.63) is 0 Å². The maximum absolute atomic E-state index is 11.7. The van der Waals surface area contributed by atoms with Gasteiger partial charge in [-0.3, -0.25) is 14.9 Å². The maximum atomic E-state index is 11.7. The Kier molecular flexibility index (Phi) is 7.59. The first kappa shape index (κ1) is 16.9. The Bertz CT molecular complexity index is 272. The van der Waals surface area contributed by atoms with E-state index in [2.05, 4.69) is 10.6 Å². The Labute approximate surface area is 110 Å². The summed E-state index contributed by atoms with van der Waals surface area (Å²) in [5.74, 6) is -0.442. The summed E-state index contributed by atoms with van der Waals surface area (Å²) < 4.78 is 4.98. The minimum absolute atomic E-state index is 0.0580. The topological polar surface area (TPSA) is 67.4 Å². The average Bonchev–Trinajstić information content (AvgIpc) is 2.23. The second-order valence-electron chi connectivity index (χ2n) is 5.42. The van der Waals surface area contributed by atoms with Crippen LogP contribution in [0.3, 0.4) is 0 Å². The first-order valence-electron chi connectivity index (χ1n) is 6.47. The molecule has 0 spiro atoms. The molecule has 0 saturated heterocycles. The normalized spacial score (nSPS) is 12.9. The van der Waals surface area contributed by atoms with E-state index in [0.717, 1.165) is 12.8 Å². The fourth-order valence-corrected chi connectivity index (χ4v) is 1.19. The number of rotatable bonds is 7. The molecule has 0 aliphatic rings. The fourth-order valence-electron chi connectivity index (χ4n) is 1.19. The van der Waals surface area contributed by atoms with E-state index >= 15 is 0 Å². The molecule has 0 aromatic heterocycles. The first-order valence-corrected chi connectivity index (χ1v) is 6.47. The van der Waals surface area contributed by atoms with Crippen molar-refractivity contribution in [2.45, 2.75) is 59.0 Å². The van der Waals surface area contributed by atoms with Gasteiger partial charge in [0.2, 0.25) is 5.91 Å². The Morgan fingerprint density at radius 1 is 1.28 bits per heavy atom. The first-order chi connectivity index (χ1) is 8.26. The lowest BCUT2D eigenvalue weighted by Gasteiger charge is -2.23. The highest BCUT2D eigenvalue weighted by molar-refractivity contribution is 5.82. The van der Waals surface area contributed by atoms with Crippen molar-refractivity contribution >= 4 is 11.9 Å². The molecule has 1 atom stereocenters. The quantitative estimate of drug-likeness (QED) is 0.532. The molecule has 0 saturated carbocycles. The molecule has 0 aliphatic carbocycles. The lowest BCUT2D eigenvalue weighted by Crippen LogP contribution is -2.50. The molecule has 18 heavy (non-hydrogen) atoms. The average molecular weight is 258 g/mol. The van der Waals surface area contributed by atoms with Crippen LogP contribution in [0.4, 0.5) is 0 Å². The lowest BCUT2D eigenvalue weighted by molar-refractivity contribution is -0.142. The minimum Gasteiger partial charge on any atom is -0.465 e. The van der Waals surface area contributed by atoms with Crippen LogP contribution in [0.2, 0.25) is 0 Å². The van der Waals surface area contributed by atoms with Gasteiger partial charge in [0.15, 0.2) is 0 Å². The van der Waals surface area contributed by atoms with Crippen molar-refractivity contribution in [1.29, 1.82) is 0 Å². The van der Waals surface area contributed by atoms with Gasteiger partial charge < -0.3 is 10.1 Å². The Balaban J connectivity index is 3.85. The molecule has 0 radical (unpaired) electrons. The summed E-state index contributed by atoms with van der Waals surface area (Å²) in [6.07, 6.45) is 1.86. The molecular weight excluding hydrogens is 232 g/mol. The third-order valence-corrected chi connectivity index (χ3v) is 2.21. The Morgan fingerprint density at radius 3 is 2.39 bits per heavy atom. The van der Waals surface area contributed by atoms with Crippen molar-refractivity contribution in [3.63, 3.8) is 0 Å². The summed E-state index contributed by atoms with van der Waals surface area (Å²) in [5, 5.41) is 5.69. The number of carbonyl (C=O) groups is 2. The van der Waals surface area contributed by atoms with Gasteiger partial charge in [-0.05, 0) is 34.1 Å². The van der Waals surface area contributed by atoms with Crippen LogP contribution >= 0.6 is 0 Å². The number of ether oxygens (including phenoxy) is 1. The van der Waals surface area contributed by atoms with Crippen LogP contribution in [0.15, 0.2) is 0 Å². The largest absolute Gasteiger partial charge is 0.465 e. The van der Waals surface area contributed by atoms with Crippen LogP contribution in [-0.4, -0.2) is 36.6 Å². The predicted octanol–water partition coefficient (Wildman–Crippen LogP) is 1.22. The number of amides is 1. The van der Waals surface area contributed by atoms with Crippen molar-refractivity contribution in [3.8, 4) is 0 Å². The second kappa shape index (κ2) is 8.08. The second-order valence-corrected chi connectivity index (χ2v) is 5.42. The predicted molar refractivity (Wildman–Crippen MR) is 71.2 cm³/mol. The molecule has 5 nitrogen and oxygen atoms in total. The number of unbranched alkanes of at least 4 members (excludes halogenated alkanes) is 1. The van der Waals surface area contributed by atoms with Crippen molar-refractivity contribution in [2.75, 3.05) is 13.2 Å². The third-order valence-electron chi connectivity index (χ3n) is 2.21. The van der Waals surface area contributed by atoms with Gasteiger partial charge in [0, 0.05) is 5.54 Å². The third kappa shape index (κ3) is 8.98. The maximum Gasteiger partial charge on any atom is 0.319 e. The van der Waals surface area contributed by atoms with Crippen molar-refractivity contribution < 1.29 is 14.3 Å². The monoisotopic (exact) mass is 258 g/mol. The molecular formula is C13H26N2O3. The van der Waals surface area contributed by atoms with E-state index < -0.39 is 6.04 Å². The summed E-state index contributed by atoms with van der Waals surface area (Å²) in [5.41, 5.74) is -0.269. The van der Waals surface area contributed by atoms with Gasteiger partial charge in [-0.25, -0.2) is 0 Å². The van der Waals surface area contributed by atoms with Gasteiger partial charge in [0.05, 0.1) is 19.2 Å². The minimum atomic E-state index is -0.414. The molecule has 0 heterocycles. The molecule has 106 valence electrons. The van der Waals surface area contributed by atoms with E-state index in [9.17, 15) is 9.59 Å². The van der Waals surface area contributed by atoms with Crippen molar-refractivity contribution in [1.82, 2.24) is 10.6 Å². The summed E-state index contributed by atoms with van der Waals surface area (Å²) in [6.45, 7) is 10.00. The molecule has 1 amide bonds. The van der Waals surface area contributed by atoms with Gasteiger partial charge in [-0.1, -0.05) is 13.3 Å². The Morgan fingerprint density at radius 2 is 1.89 bits per heavy atom. The highest BCUT2D eigenvalue weighted by atomic mass is 16.5. The number of hydrogen-bond acceptors (Lipinski definition) is 4. The zero-order valence-electron chi connectivity index (χ0n) is 12.1. The van der Waals surface area contributed by atoms with E-state index in [-0.39, 0.29) is 24.0 Å². The van der Waals surface area contributed by atoms with Gasteiger partial charge in [0.25, 0.3) is 0 Å². The van der Waals surface area contributed by atoms with Gasteiger partial charge >= 0.3 is 5.97 Å². The van der Waals surface area contributed by atoms with E-state index in [1.54, 1.807) is 6.92 Å². The zero-order chi connectivity index (χ0) is 14.2. The number of carbonyl (C=O) groups excluding carboxylic acids is 2. The smallest absolute Gasteiger partial charge is 0.319 e. The summed E-state index contributed by atoms with van der Waals surface area (Å²) in [7, 11) is 0. The standard InChI is InChI=1S/C13H26N2O3/c1-6-7-8-18-11(16)9-14-10(2)12(17)15-13(3,4)5/h10,14H,6-9H2,1-5H3,(H,15,17). The van der Waals surface area contributed by atoms with Crippen LogP contribution in [0, 0.1) is 0 Å². The number of esters is 1. The van der Waals surface area contributed by atoms with Crippen LogP contribution in [-0.2, 0) is 14.3 Å². The fraction of sp³-hybridized carbons (Fsp3) is 0.846. The summed E-state index contributed by atoms with van der Waals surface area (Å²) >= 11 is 0. The molecule has 0 bridgehead atoms. The number of hydrogen-bond donors (Lipinski definition) is 2. The van der Waals surface area contributed by atoms with Crippen LogP contribution < -0.4 is 10.6 Å². The van der Waals surface area contributed by atoms with Crippen LogP contribution in [0.5, 0.6) is 0 Å². The molecule has 0 fully saturated rings. The molecule has 0 rings (SSSR count). The summed E-state index contributed by atoms with van der Waals surface area (Å²) in [4.78, 5) is 23.0. The van der Waals surface area contributed by atoms with Crippen LogP contribution in [0.1, 0.15) is 47.5 Å². The van der Waals surface area contributed by atoms with E-state index in [1.807, 2.05) is 27.7 Å². The van der Waals surface area contributed by atoms with Gasteiger partial charge in [-0.15, -0.1) is 0 Å². The zero-order valence-corrected chi connectivity index (χ0v) is 12.1.